The molecular formula is C23H22O3. The number of rotatable bonds is 7. The molecule has 0 radical (unpaired) electrons. The summed E-state index contributed by atoms with van der Waals surface area (Å²) >= 11 is 0. The van der Waals surface area contributed by atoms with Gasteiger partial charge in [-0.25, -0.2) is 4.79 Å². The molecule has 3 rings (SSSR count). The molecule has 0 heterocycles. The van der Waals surface area contributed by atoms with Gasteiger partial charge in [0.25, 0.3) is 0 Å². The number of aromatic carboxylic acids is 1. The van der Waals surface area contributed by atoms with Crippen molar-refractivity contribution in [1.82, 2.24) is 0 Å². The van der Waals surface area contributed by atoms with Crippen LogP contribution >= 0.6 is 0 Å². The van der Waals surface area contributed by atoms with E-state index in [1.165, 1.54) is 17.2 Å². The molecule has 3 aromatic carbocycles. The van der Waals surface area contributed by atoms with Gasteiger partial charge in [0.1, 0.15) is 11.3 Å². The van der Waals surface area contributed by atoms with Crippen molar-refractivity contribution in [3.8, 4) is 5.75 Å². The van der Waals surface area contributed by atoms with Crippen molar-refractivity contribution in [1.29, 1.82) is 0 Å². The van der Waals surface area contributed by atoms with Crippen molar-refractivity contribution >= 4 is 5.97 Å². The van der Waals surface area contributed by atoms with Crippen LogP contribution in [0.2, 0.25) is 0 Å². The van der Waals surface area contributed by atoms with E-state index in [9.17, 15) is 9.90 Å². The fraction of sp³-hybridized carbons (Fsp3) is 0.174. The zero-order valence-electron chi connectivity index (χ0n) is 14.5. The topological polar surface area (TPSA) is 57.5 Å². The Hall–Kier alpha value is -3.07. The number of benzene rings is 3. The first-order chi connectivity index (χ1) is 12.6. The summed E-state index contributed by atoms with van der Waals surface area (Å²) in [6.45, 7) is 0. The van der Waals surface area contributed by atoms with Gasteiger partial charge in [0, 0.05) is 0 Å². The quantitative estimate of drug-likeness (QED) is 0.629. The highest BCUT2D eigenvalue weighted by molar-refractivity contribution is 5.90. The Bertz CT molecular complexity index is 857. The lowest BCUT2D eigenvalue weighted by molar-refractivity contribution is 0.0693. The second-order valence-electron chi connectivity index (χ2n) is 6.49. The molecule has 0 fully saturated rings. The number of carboxylic acids is 1. The number of phenols is 1. The van der Waals surface area contributed by atoms with Crippen LogP contribution in [0.5, 0.6) is 5.75 Å². The van der Waals surface area contributed by atoms with Crippen LogP contribution in [0.25, 0.3) is 0 Å². The maximum absolute atomic E-state index is 11.1. The molecule has 0 aliphatic carbocycles. The molecule has 132 valence electrons. The Labute approximate surface area is 153 Å². The number of hydrogen-bond donors (Lipinski definition) is 2. The molecule has 0 spiro atoms. The van der Waals surface area contributed by atoms with Gasteiger partial charge in [0.05, 0.1) is 0 Å². The van der Waals surface area contributed by atoms with Gasteiger partial charge < -0.3 is 10.2 Å². The van der Waals surface area contributed by atoms with Crippen LogP contribution in [0.4, 0.5) is 0 Å². The number of carbonyl (C=O) groups is 1. The Morgan fingerprint density at radius 1 is 0.846 bits per heavy atom. The summed E-state index contributed by atoms with van der Waals surface area (Å²) < 4.78 is 0. The van der Waals surface area contributed by atoms with Gasteiger partial charge in [0.15, 0.2) is 0 Å². The number of aryl methyl sites for hydroxylation is 1. The molecule has 3 heteroatoms. The largest absolute Gasteiger partial charge is 0.507 e. The highest BCUT2D eigenvalue weighted by atomic mass is 16.4. The Kier molecular flexibility index (Phi) is 5.69. The molecule has 0 saturated carbocycles. The zero-order valence-corrected chi connectivity index (χ0v) is 14.5. The standard InChI is InChI=1S/C23H22O3/c24-22-16-20(13-14-21(22)23(25)26)19(15-18-9-5-2-6-10-18)12-11-17-7-3-1-4-8-17/h1-10,13-14,16,19,24H,11-12,15H2,(H,25,26). The minimum Gasteiger partial charge on any atom is -0.507 e. The highest BCUT2D eigenvalue weighted by Crippen LogP contribution is 2.30. The van der Waals surface area contributed by atoms with Crippen LogP contribution in [0.15, 0.2) is 78.9 Å². The molecule has 2 N–H and O–H groups in total. The molecule has 0 aliphatic rings. The normalized spacial score (nSPS) is 11.8. The van der Waals surface area contributed by atoms with E-state index in [0.717, 1.165) is 24.8 Å². The summed E-state index contributed by atoms with van der Waals surface area (Å²) in [6.07, 6.45) is 2.70. The molecule has 3 aromatic rings. The van der Waals surface area contributed by atoms with Gasteiger partial charge >= 0.3 is 5.97 Å². The second kappa shape index (κ2) is 8.34. The molecule has 0 aliphatic heterocycles. The van der Waals surface area contributed by atoms with Gasteiger partial charge in [-0.15, -0.1) is 0 Å². The first kappa shape index (κ1) is 17.7. The zero-order chi connectivity index (χ0) is 18.4. The van der Waals surface area contributed by atoms with E-state index < -0.39 is 5.97 Å². The minimum atomic E-state index is -1.11. The first-order valence-electron chi connectivity index (χ1n) is 8.77. The Morgan fingerprint density at radius 3 is 2.04 bits per heavy atom. The highest BCUT2D eigenvalue weighted by Gasteiger charge is 2.17. The fourth-order valence-electron chi connectivity index (χ4n) is 3.25. The minimum absolute atomic E-state index is 0.0599. The molecule has 1 unspecified atom stereocenters. The summed E-state index contributed by atoms with van der Waals surface area (Å²) in [6, 6.07) is 25.5. The number of aromatic hydroxyl groups is 1. The lowest BCUT2D eigenvalue weighted by Crippen LogP contribution is -2.06. The lowest BCUT2D eigenvalue weighted by Gasteiger charge is -2.19. The predicted octanol–water partition coefficient (Wildman–Crippen LogP) is 5.05. The van der Waals surface area contributed by atoms with E-state index in [-0.39, 0.29) is 17.2 Å². The third kappa shape index (κ3) is 4.51. The van der Waals surface area contributed by atoms with Gasteiger partial charge in [-0.2, -0.15) is 0 Å². The average molecular weight is 346 g/mol. The Morgan fingerprint density at radius 2 is 1.46 bits per heavy atom. The monoisotopic (exact) mass is 346 g/mol. The average Bonchev–Trinajstić information content (AvgIpc) is 2.66. The van der Waals surface area contributed by atoms with Crippen LogP contribution in [-0.2, 0) is 12.8 Å². The molecule has 0 aromatic heterocycles. The second-order valence-corrected chi connectivity index (χ2v) is 6.49. The van der Waals surface area contributed by atoms with E-state index in [4.69, 9.17) is 5.11 Å². The summed E-state index contributed by atoms with van der Waals surface area (Å²) in [4.78, 5) is 11.1. The SMILES string of the molecule is O=C(O)c1ccc(C(CCc2ccccc2)Cc2ccccc2)cc1O. The van der Waals surface area contributed by atoms with Crippen molar-refractivity contribution in [3.05, 3.63) is 101 Å². The van der Waals surface area contributed by atoms with Crippen LogP contribution in [0.1, 0.15) is 39.4 Å². The summed E-state index contributed by atoms with van der Waals surface area (Å²) in [5.74, 6) is -1.09. The van der Waals surface area contributed by atoms with E-state index in [2.05, 4.69) is 24.3 Å². The van der Waals surface area contributed by atoms with Crippen molar-refractivity contribution in [2.45, 2.75) is 25.2 Å². The Balaban J connectivity index is 1.84. The third-order valence-electron chi connectivity index (χ3n) is 4.67. The smallest absolute Gasteiger partial charge is 0.339 e. The van der Waals surface area contributed by atoms with E-state index in [1.807, 2.05) is 42.5 Å². The van der Waals surface area contributed by atoms with E-state index in [0.29, 0.717) is 0 Å². The van der Waals surface area contributed by atoms with Crippen molar-refractivity contribution in [2.24, 2.45) is 0 Å². The van der Waals surface area contributed by atoms with Crippen LogP contribution in [0.3, 0.4) is 0 Å². The molecule has 3 nitrogen and oxygen atoms in total. The van der Waals surface area contributed by atoms with Crippen LogP contribution in [-0.4, -0.2) is 16.2 Å². The molecule has 26 heavy (non-hydrogen) atoms. The maximum Gasteiger partial charge on any atom is 0.339 e. The van der Waals surface area contributed by atoms with Crippen LogP contribution in [0, 0.1) is 0 Å². The fourth-order valence-corrected chi connectivity index (χ4v) is 3.25. The van der Waals surface area contributed by atoms with Gasteiger partial charge in [-0.1, -0.05) is 66.7 Å². The maximum atomic E-state index is 11.1. The summed E-state index contributed by atoms with van der Waals surface area (Å²) in [7, 11) is 0. The molecule has 0 saturated heterocycles. The van der Waals surface area contributed by atoms with E-state index >= 15 is 0 Å². The van der Waals surface area contributed by atoms with Crippen LogP contribution < -0.4 is 0 Å². The lowest BCUT2D eigenvalue weighted by atomic mass is 9.86. The molecular weight excluding hydrogens is 324 g/mol. The van der Waals surface area contributed by atoms with Crippen molar-refractivity contribution in [3.63, 3.8) is 0 Å². The predicted molar refractivity (Wildman–Crippen MR) is 103 cm³/mol. The van der Waals surface area contributed by atoms with E-state index in [1.54, 1.807) is 6.07 Å². The first-order valence-corrected chi connectivity index (χ1v) is 8.77. The summed E-state index contributed by atoms with van der Waals surface area (Å²) in [5.41, 5.74) is 3.41. The van der Waals surface area contributed by atoms with Crippen molar-refractivity contribution < 1.29 is 15.0 Å². The van der Waals surface area contributed by atoms with Gasteiger partial charge in [0.2, 0.25) is 0 Å². The molecule has 0 amide bonds. The van der Waals surface area contributed by atoms with Crippen molar-refractivity contribution in [2.75, 3.05) is 0 Å². The third-order valence-corrected chi connectivity index (χ3v) is 4.67. The molecule has 1 atom stereocenters. The summed E-state index contributed by atoms with van der Waals surface area (Å²) in [5, 5.41) is 19.2. The van der Waals surface area contributed by atoms with Gasteiger partial charge in [-0.05, 0) is 54.0 Å². The van der Waals surface area contributed by atoms with Gasteiger partial charge in [-0.3, -0.25) is 0 Å². The molecule has 0 bridgehead atoms. The number of hydrogen-bond acceptors (Lipinski definition) is 2. The number of carboxylic acid groups (broad SMARTS) is 1.